The lowest BCUT2D eigenvalue weighted by Crippen LogP contribution is -2.43. The first-order valence-corrected chi connectivity index (χ1v) is 5.50. The Morgan fingerprint density at radius 2 is 2.41 bits per heavy atom. The van der Waals surface area contributed by atoms with Gasteiger partial charge < -0.3 is 14.7 Å². The van der Waals surface area contributed by atoms with Gasteiger partial charge in [0, 0.05) is 25.9 Å². The molecule has 0 spiro atoms. The van der Waals surface area contributed by atoms with Crippen molar-refractivity contribution in [3.8, 4) is 0 Å². The van der Waals surface area contributed by atoms with Crippen LogP contribution in [-0.4, -0.2) is 46.0 Å². The Morgan fingerprint density at radius 3 is 3.12 bits per heavy atom. The Bertz CT molecular complexity index is 404. The summed E-state index contributed by atoms with van der Waals surface area (Å²) in [5, 5.41) is 6.13. The number of aromatic nitrogens is 2. The van der Waals surface area contributed by atoms with Crippen LogP contribution >= 0.6 is 0 Å². The first kappa shape index (κ1) is 11.6. The summed E-state index contributed by atoms with van der Waals surface area (Å²) in [7, 11) is 0. The highest BCUT2D eigenvalue weighted by Crippen LogP contribution is 2.05. The molecule has 1 N–H and O–H groups in total. The largest absolute Gasteiger partial charge is 0.345 e. The minimum atomic E-state index is -0.465. The first-order chi connectivity index (χ1) is 8.16. The van der Waals surface area contributed by atoms with Crippen LogP contribution in [0, 0.1) is 0 Å². The zero-order valence-corrected chi connectivity index (χ0v) is 9.55. The lowest BCUT2D eigenvalue weighted by molar-refractivity contribution is -0.133. The van der Waals surface area contributed by atoms with Crippen molar-refractivity contribution in [1.82, 2.24) is 20.4 Å². The summed E-state index contributed by atoms with van der Waals surface area (Å²) < 4.78 is 4.86. The standard InChI is InChI=1S/C10H14N4O3/c1-7-10(16)14(4-2-8(15)13-7)5-3-9-11-6-12-17-9/h6-7H,2-5H2,1H3,(H,13,15). The number of nitrogens with one attached hydrogen (secondary N) is 1. The van der Waals surface area contributed by atoms with Crippen molar-refractivity contribution in [2.75, 3.05) is 13.1 Å². The molecule has 1 saturated heterocycles. The van der Waals surface area contributed by atoms with E-state index in [1.54, 1.807) is 11.8 Å². The fraction of sp³-hybridized carbons (Fsp3) is 0.600. The summed E-state index contributed by atoms with van der Waals surface area (Å²) >= 11 is 0. The third-order valence-corrected chi connectivity index (χ3v) is 2.67. The highest BCUT2D eigenvalue weighted by molar-refractivity contribution is 5.89. The van der Waals surface area contributed by atoms with Gasteiger partial charge in [0.25, 0.3) is 0 Å². The van der Waals surface area contributed by atoms with Gasteiger partial charge in [-0.15, -0.1) is 0 Å². The molecule has 1 aliphatic heterocycles. The second-order valence-electron chi connectivity index (χ2n) is 3.95. The van der Waals surface area contributed by atoms with Crippen molar-refractivity contribution < 1.29 is 14.1 Å². The maximum absolute atomic E-state index is 11.9. The Labute approximate surface area is 98.2 Å². The van der Waals surface area contributed by atoms with Crippen LogP contribution in [0.4, 0.5) is 0 Å². The van der Waals surface area contributed by atoms with Crippen LogP contribution in [0.3, 0.4) is 0 Å². The fourth-order valence-electron chi connectivity index (χ4n) is 1.75. The van der Waals surface area contributed by atoms with E-state index in [2.05, 4.69) is 15.5 Å². The normalized spacial score (nSPS) is 21.2. The van der Waals surface area contributed by atoms with Crippen LogP contribution in [0.15, 0.2) is 10.9 Å². The average Bonchev–Trinajstić information content (AvgIpc) is 2.77. The molecule has 1 aromatic rings. The van der Waals surface area contributed by atoms with Gasteiger partial charge in [-0.3, -0.25) is 9.59 Å². The summed E-state index contributed by atoms with van der Waals surface area (Å²) in [6, 6.07) is -0.465. The number of nitrogens with zero attached hydrogens (tertiary/aromatic N) is 3. The minimum Gasteiger partial charge on any atom is -0.345 e. The lowest BCUT2D eigenvalue weighted by atomic mass is 10.3. The van der Waals surface area contributed by atoms with E-state index in [4.69, 9.17) is 4.52 Å². The maximum atomic E-state index is 11.9. The fourth-order valence-corrected chi connectivity index (χ4v) is 1.75. The van der Waals surface area contributed by atoms with Crippen LogP contribution in [0.1, 0.15) is 19.2 Å². The number of carbonyl (C=O) groups excluding carboxylic acids is 2. The topological polar surface area (TPSA) is 88.3 Å². The molecule has 0 aliphatic carbocycles. The van der Waals surface area contributed by atoms with Crippen molar-refractivity contribution in [2.45, 2.75) is 25.8 Å². The summed E-state index contributed by atoms with van der Waals surface area (Å²) in [5.41, 5.74) is 0. The van der Waals surface area contributed by atoms with Gasteiger partial charge in [-0.2, -0.15) is 4.98 Å². The Balaban J connectivity index is 1.94. The van der Waals surface area contributed by atoms with E-state index in [0.29, 0.717) is 31.8 Å². The van der Waals surface area contributed by atoms with Crippen molar-refractivity contribution in [2.24, 2.45) is 0 Å². The summed E-state index contributed by atoms with van der Waals surface area (Å²) in [5.74, 6) is 0.329. The Morgan fingerprint density at radius 1 is 1.59 bits per heavy atom. The van der Waals surface area contributed by atoms with Gasteiger partial charge in [0.05, 0.1) is 0 Å². The third-order valence-electron chi connectivity index (χ3n) is 2.67. The molecule has 1 fully saturated rings. The Hall–Kier alpha value is -1.92. The van der Waals surface area contributed by atoms with Crippen molar-refractivity contribution in [1.29, 1.82) is 0 Å². The van der Waals surface area contributed by atoms with Gasteiger partial charge in [-0.1, -0.05) is 5.16 Å². The molecule has 1 aliphatic rings. The second kappa shape index (κ2) is 4.94. The van der Waals surface area contributed by atoms with E-state index in [0.717, 1.165) is 0 Å². The smallest absolute Gasteiger partial charge is 0.244 e. The second-order valence-corrected chi connectivity index (χ2v) is 3.95. The van der Waals surface area contributed by atoms with Gasteiger partial charge in [0.1, 0.15) is 6.04 Å². The molecule has 0 aromatic carbocycles. The molecular weight excluding hydrogens is 224 g/mol. The first-order valence-electron chi connectivity index (χ1n) is 5.50. The predicted molar refractivity (Wildman–Crippen MR) is 56.8 cm³/mol. The number of rotatable bonds is 3. The molecule has 0 radical (unpaired) electrons. The molecule has 2 heterocycles. The molecule has 2 rings (SSSR count). The lowest BCUT2D eigenvalue weighted by Gasteiger charge is -2.21. The number of amides is 2. The molecule has 2 amide bonds. The molecule has 1 unspecified atom stereocenters. The molecule has 92 valence electrons. The van der Waals surface area contributed by atoms with E-state index in [1.807, 2.05) is 0 Å². The summed E-state index contributed by atoms with van der Waals surface area (Å²) in [6.45, 7) is 2.61. The Kier molecular flexibility index (Phi) is 3.36. The van der Waals surface area contributed by atoms with Crippen LogP contribution in [0.25, 0.3) is 0 Å². The van der Waals surface area contributed by atoms with Gasteiger partial charge >= 0.3 is 0 Å². The predicted octanol–water partition coefficient (Wildman–Crippen LogP) is -0.651. The molecule has 7 nitrogen and oxygen atoms in total. The highest BCUT2D eigenvalue weighted by Gasteiger charge is 2.26. The quantitative estimate of drug-likeness (QED) is 0.755. The third kappa shape index (κ3) is 2.80. The SMILES string of the molecule is CC1NC(=O)CCN(CCc2ncno2)C1=O. The van der Waals surface area contributed by atoms with Crippen molar-refractivity contribution in [3.05, 3.63) is 12.2 Å². The van der Waals surface area contributed by atoms with E-state index >= 15 is 0 Å². The summed E-state index contributed by atoms with van der Waals surface area (Å²) in [4.78, 5) is 28.7. The molecule has 17 heavy (non-hydrogen) atoms. The highest BCUT2D eigenvalue weighted by atomic mass is 16.5. The zero-order chi connectivity index (χ0) is 12.3. The van der Waals surface area contributed by atoms with E-state index in [1.165, 1.54) is 6.33 Å². The maximum Gasteiger partial charge on any atom is 0.244 e. The number of hydrogen-bond donors (Lipinski definition) is 1. The molecule has 0 bridgehead atoms. The van der Waals surface area contributed by atoms with E-state index in [9.17, 15) is 9.59 Å². The van der Waals surface area contributed by atoms with Crippen molar-refractivity contribution in [3.63, 3.8) is 0 Å². The van der Waals surface area contributed by atoms with Crippen LogP contribution in [0.5, 0.6) is 0 Å². The van der Waals surface area contributed by atoms with E-state index in [-0.39, 0.29) is 11.8 Å². The minimum absolute atomic E-state index is 0.0737. The molecule has 1 aromatic heterocycles. The van der Waals surface area contributed by atoms with Crippen LogP contribution in [-0.2, 0) is 16.0 Å². The van der Waals surface area contributed by atoms with E-state index < -0.39 is 6.04 Å². The van der Waals surface area contributed by atoms with Gasteiger partial charge in [0.15, 0.2) is 6.33 Å². The van der Waals surface area contributed by atoms with Gasteiger partial charge in [-0.05, 0) is 6.92 Å². The number of hydrogen-bond acceptors (Lipinski definition) is 5. The molecule has 1 atom stereocenters. The van der Waals surface area contributed by atoms with Gasteiger partial charge in [-0.25, -0.2) is 0 Å². The average molecular weight is 238 g/mol. The van der Waals surface area contributed by atoms with Crippen LogP contribution in [0.2, 0.25) is 0 Å². The number of carbonyl (C=O) groups is 2. The summed E-state index contributed by atoms with van der Waals surface area (Å²) in [6.07, 6.45) is 2.17. The zero-order valence-electron chi connectivity index (χ0n) is 9.55. The van der Waals surface area contributed by atoms with Crippen LogP contribution < -0.4 is 5.32 Å². The molecule has 7 heteroatoms. The van der Waals surface area contributed by atoms with Crippen molar-refractivity contribution >= 4 is 11.8 Å². The monoisotopic (exact) mass is 238 g/mol. The molecule has 0 saturated carbocycles. The van der Waals surface area contributed by atoms with Gasteiger partial charge in [0.2, 0.25) is 17.7 Å². The molecular formula is C10H14N4O3.